The van der Waals surface area contributed by atoms with Gasteiger partial charge in [0, 0.05) is 31.0 Å². The number of hydrogen-bond acceptors (Lipinski definition) is 6. The number of carbonyl (C=O) groups is 2. The number of methoxy groups -OCH3 is 1. The number of benzene rings is 1. The second-order valence-electron chi connectivity index (χ2n) is 6.22. The molecule has 0 radical (unpaired) electrons. The summed E-state index contributed by atoms with van der Waals surface area (Å²) in [4.78, 5) is 30.0. The summed E-state index contributed by atoms with van der Waals surface area (Å²) in [5, 5.41) is 2.32. The van der Waals surface area contributed by atoms with Crippen LogP contribution in [0, 0.1) is 13.8 Å². The highest BCUT2D eigenvalue weighted by molar-refractivity contribution is 6.31. The SMILES string of the molecule is COC(=O)C1(OC(=O)Cc2c(C)ccc(Cl)c2C)CCN(OC)CC1. The summed E-state index contributed by atoms with van der Waals surface area (Å²) in [5.41, 5.74) is 1.37. The van der Waals surface area contributed by atoms with Gasteiger partial charge in [0.2, 0.25) is 5.60 Å². The average molecular weight is 370 g/mol. The predicted molar refractivity (Wildman–Crippen MR) is 93.3 cm³/mol. The van der Waals surface area contributed by atoms with Crippen molar-refractivity contribution in [3.8, 4) is 0 Å². The number of rotatable bonds is 5. The molecule has 0 bridgehead atoms. The Labute approximate surface area is 152 Å². The molecule has 1 aromatic rings. The van der Waals surface area contributed by atoms with Gasteiger partial charge in [-0.15, -0.1) is 0 Å². The average Bonchev–Trinajstić information content (AvgIpc) is 2.61. The van der Waals surface area contributed by atoms with Gasteiger partial charge in [-0.1, -0.05) is 17.7 Å². The van der Waals surface area contributed by atoms with E-state index in [9.17, 15) is 9.59 Å². The van der Waals surface area contributed by atoms with Crippen molar-refractivity contribution in [2.45, 2.75) is 38.7 Å². The van der Waals surface area contributed by atoms with E-state index >= 15 is 0 Å². The molecular formula is C18H24ClNO5. The van der Waals surface area contributed by atoms with Crippen molar-refractivity contribution < 1.29 is 23.9 Å². The third-order valence-corrected chi connectivity index (χ3v) is 5.15. The maximum absolute atomic E-state index is 12.6. The van der Waals surface area contributed by atoms with Crippen LogP contribution in [0.3, 0.4) is 0 Å². The van der Waals surface area contributed by atoms with Crippen molar-refractivity contribution in [3.63, 3.8) is 0 Å². The number of carbonyl (C=O) groups excluding carboxylic acids is 2. The largest absolute Gasteiger partial charge is 0.466 e. The van der Waals surface area contributed by atoms with Gasteiger partial charge in [0.25, 0.3) is 0 Å². The number of hydrogen-bond donors (Lipinski definition) is 0. The zero-order valence-corrected chi connectivity index (χ0v) is 15.8. The Morgan fingerprint density at radius 2 is 1.84 bits per heavy atom. The minimum Gasteiger partial charge on any atom is -0.466 e. The number of halogens is 1. The van der Waals surface area contributed by atoms with Crippen LogP contribution in [0.5, 0.6) is 0 Å². The Morgan fingerprint density at radius 1 is 1.20 bits per heavy atom. The van der Waals surface area contributed by atoms with Crippen LogP contribution in [0.4, 0.5) is 0 Å². The summed E-state index contributed by atoms with van der Waals surface area (Å²) in [6.45, 7) is 4.74. The fraction of sp³-hybridized carbons (Fsp3) is 0.556. The van der Waals surface area contributed by atoms with Gasteiger partial charge in [-0.25, -0.2) is 4.79 Å². The van der Waals surface area contributed by atoms with Crippen molar-refractivity contribution >= 4 is 23.5 Å². The zero-order valence-electron chi connectivity index (χ0n) is 15.1. The summed E-state index contributed by atoms with van der Waals surface area (Å²) in [7, 11) is 2.87. The molecule has 1 aliphatic rings. The molecule has 1 fully saturated rings. The van der Waals surface area contributed by atoms with Crippen LogP contribution < -0.4 is 0 Å². The van der Waals surface area contributed by atoms with Crippen LogP contribution >= 0.6 is 11.6 Å². The van der Waals surface area contributed by atoms with Gasteiger partial charge in [-0.2, -0.15) is 5.06 Å². The van der Waals surface area contributed by atoms with Crippen LogP contribution in [0.1, 0.15) is 29.5 Å². The van der Waals surface area contributed by atoms with Crippen LogP contribution in [0.2, 0.25) is 5.02 Å². The van der Waals surface area contributed by atoms with Crippen molar-refractivity contribution in [1.29, 1.82) is 0 Å². The third kappa shape index (κ3) is 4.32. The molecule has 0 N–H and O–H groups in total. The van der Waals surface area contributed by atoms with Crippen LogP contribution in [0.15, 0.2) is 12.1 Å². The monoisotopic (exact) mass is 369 g/mol. The summed E-state index contributed by atoms with van der Waals surface area (Å²) >= 11 is 6.15. The van der Waals surface area contributed by atoms with E-state index in [0.29, 0.717) is 31.0 Å². The molecule has 0 unspecified atom stereocenters. The number of nitrogens with zero attached hydrogens (tertiary/aromatic N) is 1. The van der Waals surface area contributed by atoms with E-state index in [2.05, 4.69) is 0 Å². The van der Waals surface area contributed by atoms with E-state index in [-0.39, 0.29) is 6.42 Å². The summed E-state index contributed by atoms with van der Waals surface area (Å²) in [6, 6.07) is 3.67. The molecule has 7 heteroatoms. The first-order valence-electron chi connectivity index (χ1n) is 8.17. The van der Waals surface area contributed by atoms with E-state index < -0.39 is 17.5 Å². The van der Waals surface area contributed by atoms with E-state index in [1.165, 1.54) is 7.11 Å². The van der Waals surface area contributed by atoms with Crippen LogP contribution in [-0.2, 0) is 30.3 Å². The maximum Gasteiger partial charge on any atom is 0.350 e. The first-order valence-corrected chi connectivity index (χ1v) is 8.54. The molecule has 0 saturated carbocycles. The van der Waals surface area contributed by atoms with E-state index in [4.69, 9.17) is 25.9 Å². The standard InChI is InChI=1S/C18H24ClNO5/c1-12-5-6-15(19)13(2)14(12)11-16(21)25-18(17(22)23-3)7-9-20(24-4)10-8-18/h5-6H,7-11H2,1-4H3. The maximum atomic E-state index is 12.6. The molecule has 25 heavy (non-hydrogen) atoms. The lowest BCUT2D eigenvalue weighted by atomic mass is 9.91. The smallest absolute Gasteiger partial charge is 0.350 e. The van der Waals surface area contributed by atoms with Gasteiger partial charge in [0.15, 0.2) is 0 Å². The molecule has 1 aromatic carbocycles. The molecule has 0 spiro atoms. The van der Waals surface area contributed by atoms with E-state index in [0.717, 1.165) is 16.7 Å². The first kappa shape index (κ1) is 19.7. The Hall–Kier alpha value is -1.63. The summed E-state index contributed by atoms with van der Waals surface area (Å²) < 4.78 is 10.5. The molecule has 2 rings (SSSR count). The molecule has 0 aromatic heterocycles. The molecule has 6 nitrogen and oxygen atoms in total. The van der Waals surface area contributed by atoms with Crippen molar-refractivity contribution in [1.82, 2.24) is 5.06 Å². The number of ether oxygens (including phenoxy) is 2. The normalized spacial score (nSPS) is 17.2. The minimum absolute atomic E-state index is 0.0605. The minimum atomic E-state index is -1.26. The quantitative estimate of drug-likeness (QED) is 0.743. The van der Waals surface area contributed by atoms with Gasteiger partial charge in [0.05, 0.1) is 20.6 Å². The Morgan fingerprint density at radius 3 is 2.40 bits per heavy atom. The Balaban J connectivity index is 2.16. The van der Waals surface area contributed by atoms with Gasteiger partial charge in [0.1, 0.15) is 0 Å². The molecule has 1 aliphatic heterocycles. The molecule has 1 saturated heterocycles. The number of aryl methyl sites for hydroxylation is 1. The lowest BCUT2D eigenvalue weighted by Gasteiger charge is -2.37. The molecule has 0 aliphatic carbocycles. The lowest BCUT2D eigenvalue weighted by molar-refractivity contribution is -0.205. The summed E-state index contributed by atoms with van der Waals surface area (Å²) in [5.74, 6) is -0.999. The first-order chi connectivity index (χ1) is 11.8. The number of esters is 2. The van der Waals surface area contributed by atoms with Gasteiger partial charge >= 0.3 is 11.9 Å². The second kappa shape index (κ2) is 8.17. The van der Waals surface area contributed by atoms with Gasteiger partial charge < -0.3 is 14.3 Å². The van der Waals surface area contributed by atoms with Crippen LogP contribution in [-0.4, -0.2) is 49.9 Å². The van der Waals surface area contributed by atoms with Crippen molar-refractivity contribution in [2.24, 2.45) is 0 Å². The molecule has 0 amide bonds. The molecule has 0 atom stereocenters. The highest BCUT2D eigenvalue weighted by Gasteiger charge is 2.46. The van der Waals surface area contributed by atoms with E-state index in [1.807, 2.05) is 19.9 Å². The predicted octanol–water partition coefficient (Wildman–Crippen LogP) is 2.61. The fourth-order valence-corrected chi connectivity index (χ4v) is 3.27. The molecular weight excluding hydrogens is 346 g/mol. The van der Waals surface area contributed by atoms with E-state index in [1.54, 1.807) is 18.2 Å². The number of piperidine rings is 1. The van der Waals surface area contributed by atoms with Gasteiger partial charge in [-0.3, -0.25) is 4.79 Å². The summed E-state index contributed by atoms with van der Waals surface area (Å²) in [6.07, 6.45) is 0.713. The highest BCUT2D eigenvalue weighted by atomic mass is 35.5. The fourth-order valence-electron chi connectivity index (χ4n) is 3.10. The molecule has 138 valence electrons. The number of hydroxylamine groups is 2. The Bertz CT molecular complexity index is 653. The van der Waals surface area contributed by atoms with Crippen LogP contribution in [0.25, 0.3) is 0 Å². The highest BCUT2D eigenvalue weighted by Crippen LogP contribution is 2.30. The zero-order chi connectivity index (χ0) is 18.6. The van der Waals surface area contributed by atoms with Crippen molar-refractivity contribution in [3.05, 3.63) is 33.8 Å². The topological polar surface area (TPSA) is 65.1 Å². The molecule has 1 heterocycles. The van der Waals surface area contributed by atoms with Crippen molar-refractivity contribution in [2.75, 3.05) is 27.3 Å². The van der Waals surface area contributed by atoms with Gasteiger partial charge in [-0.05, 0) is 36.6 Å². The Kier molecular flexibility index (Phi) is 6.43. The second-order valence-corrected chi connectivity index (χ2v) is 6.62. The third-order valence-electron chi connectivity index (χ3n) is 4.74. The lowest BCUT2D eigenvalue weighted by Crippen LogP contribution is -2.52.